The Morgan fingerprint density at radius 2 is 1.88 bits per heavy atom. The number of aliphatic hydroxyl groups excluding tert-OH is 1. The summed E-state index contributed by atoms with van der Waals surface area (Å²) < 4.78 is 26.2. The number of nitrogens with zero attached hydrogens (tertiary/aromatic N) is 2. The molecule has 1 unspecified atom stereocenters. The lowest BCUT2D eigenvalue weighted by molar-refractivity contribution is -0.136. The standard InChI is InChI=1S/C18H26F2N2O2/c1-3-22(4-2)18(24)13-7-9-21(10-8-13)12-17(23)14-5-6-15(19)16(20)11-14/h5-6,11,13,17,23H,3-4,7-10,12H2,1-2H3. The topological polar surface area (TPSA) is 43.8 Å². The van der Waals surface area contributed by atoms with E-state index >= 15 is 0 Å². The lowest BCUT2D eigenvalue weighted by atomic mass is 9.94. The number of hydrogen-bond donors (Lipinski definition) is 1. The molecule has 1 saturated heterocycles. The minimum atomic E-state index is -0.949. The number of amides is 1. The summed E-state index contributed by atoms with van der Waals surface area (Å²) in [6, 6.07) is 3.47. The third-order valence-electron chi connectivity index (χ3n) is 4.77. The fourth-order valence-corrected chi connectivity index (χ4v) is 3.23. The highest BCUT2D eigenvalue weighted by Gasteiger charge is 2.28. The second-order valence-corrected chi connectivity index (χ2v) is 6.27. The van der Waals surface area contributed by atoms with Crippen molar-refractivity contribution < 1.29 is 18.7 Å². The van der Waals surface area contributed by atoms with Crippen LogP contribution in [-0.2, 0) is 4.79 Å². The van der Waals surface area contributed by atoms with E-state index in [9.17, 15) is 18.7 Å². The van der Waals surface area contributed by atoms with E-state index in [0.717, 1.165) is 51.2 Å². The van der Waals surface area contributed by atoms with Crippen LogP contribution in [0.25, 0.3) is 0 Å². The fourth-order valence-electron chi connectivity index (χ4n) is 3.23. The van der Waals surface area contributed by atoms with E-state index in [1.54, 1.807) is 0 Å². The van der Waals surface area contributed by atoms with E-state index in [0.29, 0.717) is 12.1 Å². The molecule has 0 saturated carbocycles. The van der Waals surface area contributed by atoms with Crippen molar-refractivity contribution in [3.63, 3.8) is 0 Å². The van der Waals surface area contributed by atoms with Gasteiger partial charge in [0.2, 0.25) is 5.91 Å². The van der Waals surface area contributed by atoms with Crippen LogP contribution in [0.4, 0.5) is 8.78 Å². The van der Waals surface area contributed by atoms with Gasteiger partial charge in [0, 0.05) is 25.6 Å². The lowest BCUT2D eigenvalue weighted by Crippen LogP contribution is -2.43. The number of rotatable bonds is 6. The largest absolute Gasteiger partial charge is 0.387 e. The molecule has 2 rings (SSSR count). The minimum absolute atomic E-state index is 0.0431. The van der Waals surface area contributed by atoms with Gasteiger partial charge in [-0.1, -0.05) is 6.07 Å². The first kappa shape index (κ1) is 18.8. The second kappa shape index (κ2) is 8.53. The maximum absolute atomic E-state index is 13.3. The van der Waals surface area contributed by atoms with Gasteiger partial charge in [-0.05, 0) is 57.5 Å². The molecule has 1 aliphatic rings. The zero-order valence-electron chi connectivity index (χ0n) is 14.3. The molecule has 1 N–H and O–H groups in total. The summed E-state index contributed by atoms with van der Waals surface area (Å²) >= 11 is 0. The average molecular weight is 340 g/mol. The molecule has 134 valence electrons. The number of β-amino-alcohol motifs (C(OH)–C–C–N with tert-alkyl or cyclic N) is 1. The van der Waals surface area contributed by atoms with E-state index < -0.39 is 17.7 Å². The van der Waals surface area contributed by atoms with Crippen LogP contribution in [0.2, 0.25) is 0 Å². The van der Waals surface area contributed by atoms with Gasteiger partial charge >= 0.3 is 0 Å². The number of hydrogen-bond acceptors (Lipinski definition) is 3. The number of carbonyl (C=O) groups excluding carboxylic acids is 1. The number of piperidine rings is 1. The smallest absolute Gasteiger partial charge is 0.225 e. The van der Waals surface area contributed by atoms with Gasteiger partial charge in [-0.2, -0.15) is 0 Å². The Bertz CT molecular complexity index is 556. The van der Waals surface area contributed by atoms with Crippen LogP contribution in [0.15, 0.2) is 18.2 Å². The van der Waals surface area contributed by atoms with Crippen molar-refractivity contribution in [2.45, 2.75) is 32.8 Å². The summed E-state index contributed by atoms with van der Waals surface area (Å²) in [4.78, 5) is 16.3. The van der Waals surface area contributed by atoms with Crippen molar-refractivity contribution in [2.75, 3.05) is 32.7 Å². The zero-order chi connectivity index (χ0) is 17.7. The van der Waals surface area contributed by atoms with Gasteiger partial charge in [0.1, 0.15) is 0 Å². The van der Waals surface area contributed by atoms with Crippen LogP contribution in [0.1, 0.15) is 38.4 Å². The molecule has 24 heavy (non-hydrogen) atoms. The Hall–Kier alpha value is -1.53. The van der Waals surface area contributed by atoms with Gasteiger partial charge in [0.25, 0.3) is 0 Å². The summed E-state index contributed by atoms with van der Waals surface area (Å²) in [6.45, 7) is 7.21. The van der Waals surface area contributed by atoms with Crippen LogP contribution in [0.5, 0.6) is 0 Å². The predicted octanol–water partition coefficient (Wildman–Crippen LogP) is 2.58. The Labute approximate surface area is 142 Å². The fraction of sp³-hybridized carbons (Fsp3) is 0.611. The highest BCUT2D eigenvalue weighted by molar-refractivity contribution is 5.78. The Morgan fingerprint density at radius 1 is 1.25 bits per heavy atom. The molecule has 0 spiro atoms. The van der Waals surface area contributed by atoms with Gasteiger partial charge in [0.05, 0.1) is 6.10 Å². The molecule has 1 aliphatic heterocycles. The van der Waals surface area contributed by atoms with Crippen LogP contribution in [0.3, 0.4) is 0 Å². The molecule has 1 amide bonds. The van der Waals surface area contributed by atoms with E-state index in [4.69, 9.17) is 0 Å². The van der Waals surface area contributed by atoms with Gasteiger partial charge in [-0.3, -0.25) is 4.79 Å². The summed E-state index contributed by atoms with van der Waals surface area (Å²) in [7, 11) is 0. The number of benzene rings is 1. The van der Waals surface area contributed by atoms with Gasteiger partial charge in [0.15, 0.2) is 11.6 Å². The molecule has 1 fully saturated rings. The molecule has 0 aliphatic carbocycles. The van der Waals surface area contributed by atoms with Crippen molar-refractivity contribution >= 4 is 5.91 Å². The number of halogens is 2. The zero-order valence-corrected chi connectivity index (χ0v) is 14.3. The number of carbonyl (C=O) groups is 1. The third-order valence-corrected chi connectivity index (χ3v) is 4.77. The lowest BCUT2D eigenvalue weighted by Gasteiger charge is -2.34. The summed E-state index contributed by atoms with van der Waals surface area (Å²) in [5, 5.41) is 10.2. The molecule has 0 bridgehead atoms. The molecule has 1 aromatic rings. The first-order valence-corrected chi connectivity index (χ1v) is 8.60. The average Bonchev–Trinajstić information content (AvgIpc) is 2.59. The molecule has 0 radical (unpaired) electrons. The molecule has 1 aromatic carbocycles. The highest BCUT2D eigenvalue weighted by atomic mass is 19.2. The van der Waals surface area contributed by atoms with Crippen molar-refractivity contribution in [3.8, 4) is 0 Å². The molecular formula is C18H26F2N2O2. The maximum Gasteiger partial charge on any atom is 0.225 e. The maximum atomic E-state index is 13.3. The SMILES string of the molecule is CCN(CC)C(=O)C1CCN(CC(O)c2ccc(F)c(F)c2)CC1. The summed E-state index contributed by atoms with van der Waals surface area (Å²) in [5.41, 5.74) is 0.371. The predicted molar refractivity (Wildman–Crippen MR) is 88.4 cm³/mol. The molecule has 4 nitrogen and oxygen atoms in total. The summed E-state index contributed by atoms with van der Waals surface area (Å²) in [5.74, 6) is -1.61. The van der Waals surface area contributed by atoms with Crippen molar-refractivity contribution in [2.24, 2.45) is 5.92 Å². The molecular weight excluding hydrogens is 314 g/mol. The van der Waals surface area contributed by atoms with Crippen LogP contribution < -0.4 is 0 Å². The third kappa shape index (κ3) is 4.51. The molecule has 1 atom stereocenters. The van der Waals surface area contributed by atoms with E-state index in [2.05, 4.69) is 4.90 Å². The van der Waals surface area contributed by atoms with E-state index in [1.807, 2.05) is 18.7 Å². The van der Waals surface area contributed by atoms with Crippen LogP contribution in [0, 0.1) is 17.6 Å². The van der Waals surface area contributed by atoms with Gasteiger partial charge < -0.3 is 14.9 Å². The van der Waals surface area contributed by atoms with Gasteiger partial charge in [-0.25, -0.2) is 8.78 Å². The summed E-state index contributed by atoms with van der Waals surface area (Å²) in [6.07, 6.45) is 0.662. The van der Waals surface area contributed by atoms with Crippen molar-refractivity contribution in [1.82, 2.24) is 9.80 Å². The first-order chi connectivity index (χ1) is 11.5. The van der Waals surface area contributed by atoms with Gasteiger partial charge in [-0.15, -0.1) is 0 Å². The minimum Gasteiger partial charge on any atom is -0.387 e. The van der Waals surface area contributed by atoms with Crippen molar-refractivity contribution in [1.29, 1.82) is 0 Å². The molecule has 1 heterocycles. The Morgan fingerprint density at radius 3 is 2.42 bits per heavy atom. The van der Waals surface area contributed by atoms with Crippen LogP contribution >= 0.6 is 0 Å². The van der Waals surface area contributed by atoms with E-state index in [1.165, 1.54) is 6.07 Å². The molecule has 0 aromatic heterocycles. The highest BCUT2D eigenvalue weighted by Crippen LogP contribution is 2.23. The monoisotopic (exact) mass is 340 g/mol. The Balaban J connectivity index is 1.86. The van der Waals surface area contributed by atoms with Crippen molar-refractivity contribution in [3.05, 3.63) is 35.4 Å². The number of aliphatic hydroxyl groups is 1. The molecule has 6 heteroatoms. The normalized spacial score (nSPS) is 17.7. The van der Waals surface area contributed by atoms with E-state index in [-0.39, 0.29) is 11.8 Å². The first-order valence-electron chi connectivity index (χ1n) is 8.60. The Kier molecular flexibility index (Phi) is 6.69. The second-order valence-electron chi connectivity index (χ2n) is 6.27. The number of likely N-dealkylation sites (tertiary alicyclic amines) is 1. The van der Waals surface area contributed by atoms with Crippen LogP contribution in [-0.4, -0.2) is 53.5 Å². The quantitative estimate of drug-likeness (QED) is 0.866.